The van der Waals surface area contributed by atoms with Crippen LogP contribution in [0.4, 0.5) is 0 Å². The number of nitrogens with zero attached hydrogens (tertiary/aromatic N) is 5. The Hall–Kier alpha value is -1.69. The van der Waals surface area contributed by atoms with Gasteiger partial charge in [-0.25, -0.2) is 0 Å². The molecule has 0 bridgehead atoms. The maximum atomic E-state index is 3.96. The van der Waals surface area contributed by atoms with Gasteiger partial charge in [0.25, 0.3) is 0 Å². The van der Waals surface area contributed by atoms with Gasteiger partial charge in [0.2, 0.25) is 0 Å². The number of hydrogen-bond acceptors (Lipinski definition) is 4. The van der Waals surface area contributed by atoms with Gasteiger partial charge in [0, 0.05) is 30.8 Å². The fourth-order valence-corrected chi connectivity index (χ4v) is 1.54. The number of hydrogen-bond donors (Lipinski definition) is 0. The van der Waals surface area contributed by atoms with Crippen molar-refractivity contribution in [1.29, 1.82) is 0 Å². The Morgan fingerprint density at radius 2 is 1.94 bits per heavy atom. The molecule has 2 rings (SSSR count). The van der Waals surface area contributed by atoms with E-state index in [2.05, 4.69) is 31.5 Å². The molecule has 2 aromatic rings. The molecule has 0 spiro atoms. The average molecular weight is 294 g/mol. The topological polar surface area (TPSA) is 46.8 Å². The van der Waals surface area contributed by atoms with Crippen LogP contribution in [0.2, 0.25) is 0 Å². The molecule has 88 valence electrons. The second kappa shape index (κ2) is 5.09. The zero-order valence-electron chi connectivity index (χ0n) is 9.58. The largest absolute Gasteiger partial charge is 0.383 e. The summed E-state index contributed by atoms with van der Waals surface area (Å²) in [6, 6.07) is 7.81. The quantitative estimate of drug-likeness (QED) is 0.868. The van der Waals surface area contributed by atoms with Crippen LogP contribution < -0.4 is 0 Å². The highest BCUT2D eigenvalue weighted by molar-refractivity contribution is 9.10. The van der Waals surface area contributed by atoms with Crippen LogP contribution >= 0.6 is 15.9 Å². The Kier molecular flexibility index (Phi) is 3.53. The zero-order valence-corrected chi connectivity index (χ0v) is 11.2. The number of tetrazole rings is 1. The van der Waals surface area contributed by atoms with Gasteiger partial charge >= 0.3 is 0 Å². The molecular weight excluding hydrogens is 282 g/mol. The monoisotopic (exact) mass is 293 g/mol. The third-order valence-electron chi connectivity index (χ3n) is 2.09. The highest BCUT2D eigenvalue weighted by atomic mass is 79.9. The van der Waals surface area contributed by atoms with Crippen molar-refractivity contribution in [3.8, 4) is 5.69 Å². The second-order valence-electron chi connectivity index (χ2n) is 3.70. The lowest BCUT2D eigenvalue weighted by Gasteiger charge is -2.04. The number of aromatic nitrogens is 4. The van der Waals surface area contributed by atoms with Gasteiger partial charge in [-0.3, -0.25) is 0 Å². The van der Waals surface area contributed by atoms with Crippen LogP contribution in [-0.4, -0.2) is 39.2 Å². The minimum absolute atomic E-state index is 0.695. The molecule has 17 heavy (non-hydrogen) atoms. The van der Waals surface area contributed by atoms with Gasteiger partial charge in [0.1, 0.15) is 0 Å². The van der Waals surface area contributed by atoms with E-state index in [9.17, 15) is 0 Å². The van der Waals surface area contributed by atoms with Crippen LogP contribution in [0.15, 0.2) is 34.9 Å². The minimum Gasteiger partial charge on any atom is -0.383 e. The molecule has 0 aliphatic heterocycles. The zero-order chi connectivity index (χ0) is 12.3. The summed E-state index contributed by atoms with van der Waals surface area (Å²) in [5.41, 5.74) is 0.927. The van der Waals surface area contributed by atoms with Gasteiger partial charge in [-0.15, -0.1) is 5.10 Å². The molecule has 1 aromatic heterocycles. The van der Waals surface area contributed by atoms with Gasteiger partial charge < -0.3 is 4.90 Å². The molecule has 6 heteroatoms. The fraction of sp³-hybridized carbons (Fsp3) is 0.182. The molecule has 0 aliphatic carbocycles. The van der Waals surface area contributed by atoms with Crippen molar-refractivity contribution in [2.45, 2.75) is 0 Å². The normalized spacial score (nSPS) is 11.0. The first-order valence-electron chi connectivity index (χ1n) is 5.06. The van der Waals surface area contributed by atoms with E-state index in [4.69, 9.17) is 0 Å². The Balaban J connectivity index is 2.33. The molecule has 0 N–H and O–H groups in total. The van der Waals surface area contributed by atoms with E-state index in [1.807, 2.05) is 55.5 Å². The molecule has 0 saturated carbocycles. The van der Waals surface area contributed by atoms with Gasteiger partial charge in [0.15, 0.2) is 5.82 Å². The molecule has 0 aliphatic rings. The molecule has 0 fully saturated rings. The Morgan fingerprint density at radius 1 is 1.24 bits per heavy atom. The van der Waals surface area contributed by atoms with Crippen LogP contribution in [0, 0.1) is 0 Å². The number of halogens is 1. The Labute approximate surface area is 108 Å². The van der Waals surface area contributed by atoms with Crippen molar-refractivity contribution < 1.29 is 0 Å². The third-order valence-corrected chi connectivity index (χ3v) is 2.62. The summed E-state index contributed by atoms with van der Waals surface area (Å²) < 4.78 is 2.71. The van der Waals surface area contributed by atoms with Crippen molar-refractivity contribution >= 4 is 22.0 Å². The Bertz CT molecular complexity index is 515. The molecule has 1 heterocycles. The van der Waals surface area contributed by atoms with Crippen LogP contribution in [0.5, 0.6) is 0 Å². The maximum absolute atomic E-state index is 3.96. The summed E-state index contributed by atoms with van der Waals surface area (Å²) in [6.07, 6.45) is 3.77. The molecule has 0 saturated heterocycles. The fourth-order valence-electron chi connectivity index (χ4n) is 1.28. The van der Waals surface area contributed by atoms with E-state index in [-0.39, 0.29) is 0 Å². The first-order chi connectivity index (χ1) is 8.16. The summed E-state index contributed by atoms with van der Waals surface area (Å²) in [6.45, 7) is 0. The third kappa shape index (κ3) is 2.91. The smallest absolute Gasteiger partial charge is 0.181 e. The van der Waals surface area contributed by atoms with Crippen molar-refractivity contribution in [2.24, 2.45) is 0 Å². The summed E-state index contributed by atoms with van der Waals surface area (Å²) in [4.78, 5) is 1.93. The summed E-state index contributed by atoms with van der Waals surface area (Å²) in [5, 5.41) is 11.6. The summed E-state index contributed by atoms with van der Waals surface area (Å²) in [5.74, 6) is 0.695. The minimum atomic E-state index is 0.695. The van der Waals surface area contributed by atoms with Gasteiger partial charge in [-0.2, -0.15) is 4.68 Å². The maximum Gasteiger partial charge on any atom is 0.181 e. The first kappa shape index (κ1) is 11.8. The second-order valence-corrected chi connectivity index (χ2v) is 4.62. The SMILES string of the molecule is CN(C)C=Cc1nnnn1-c1ccc(Br)cc1. The predicted molar refractivity (Wildman–Crippen MR) is 69.6 cm³/mol. The molecule has 1 aromatic carbocycles. The molecule has 0 atom stereocenters. The van der Waals surface area contributed by atoms with Gasteiger partial charge in [-0.05, 0) is 34.7 Å². The van der Waals surface area contributed by atoms with Gasteiger partial charge in [-0.1, -0.05) is 15.9 Å². The van der Waals surface area contributed by atoms with Crippen molar-refractivity contribution in [3.05, 3.63) is 40.8 Å². The van der Waals surface area contributed by atoms with Crippen LogP contribution in [0.3, 0.4) is 0 Å². The molecule has 0 radical (unpaired) electrons. The lowest BCUT2D eigenvalue weighted by molar-refractivity contribution is 0.567. The average Bonchev–Trinajstić information content (AvgIpc) is 2.75. The van der Waals surface area contributed by atoms with Crippen LogP contribution in [0.1, 0.15) is 5.82 Å². The lowest BCUT2D eigenvalue weighted by Crippen LogP contribution is -2.02. The summed E-state index contributed by atoms with van der Waals surface area (Å²) >= 11 is 3.40. The van der Waals surface area contributed by atoms with Crippen LogP contribution in [0.25, 0.3) is 11.8 Å². The highest BCUT2D eigenvalue weighted by Crippen LogP contribution is 2.14. The molecular formula is C11H12BrN5. The van der Waals surface area contributed by atoms with Crippen LogP contribution in [-0.2, 0) is 0 Å². The van der Waals surface area contributed by atoms with Gasteiger partial charge in [0.05, 0.1) is 5.69 Å². The molecule has 0 unspecified atom stereocenters. The molecule has 5 nitrogen and oxygen atoms in total. The number of rotatable bonds is 3. The van der Waals surface area contributed by atoms with E-state index in [1.54, 1.807) is 4.68 Å². The summed E-state index contributed by atoms with van der Waals surface area (Å²) in [7, 11) is 3.90. The van der Waals surface area contributed by atoms with Crippen molar-refractivity contribution in [3.63, 3.8) is 0 Å². The highest BCUT2D eigenvalue weighted by Gasteiger charge is 2.04. The lowest BCUT2D eigenvalue weighted by atomic mass is 10.3. The van der Waals surface area contributed by atoms with E-state index >= 15 is 0 Å². The first-order valence-corrected chi connectivity index (χ1v) is 5.85. The Morgan fingerprint density at radius 3 is 2.59 bits per heavy atom. The van der Waals surface area contributed by atoms with E-state index in [0.29, 0.717) is 5.82 Å². The van der Waals surface area contributed by atoms with E-state index in [0.717, 1.165) is 10.2 Å². The van der Waals surface area contributed by atoms with Crippen molar-refractivity contribution in [1.82, 2.24) is 25.1 Å². The van der Waals surface area contributed by atoms with Crippen molar-refractivity contribution in [2.75, 3.05) is 14.1 Å². The molecule has 0 amide bonds. The van der Waals surface area contributed by atoms with E-state index in [1.165, 1.54) is 0 Å². The predicted octanol–water partition coefficient (Wildman–Crippen LogP) is 1.96. The number of benzene rings is 1. The standard InChI is InChI=1S/C11H12BrN5/c1-16(2)8-7-11-13-14-15-17(11)10-5-3-9(12)4-6-10/h3-8H,1-2H3. The van der Waals surface area contributed by atoms with E-state index < -0.39 is 0 Å².